The number of rotatable bonds is 2. The van der Waals surface area contributed by atoms with Gasteiger partial charge in [-0.05, 0) is 51.9 Å². The van der Waals surface area contributed by atoms with Crippen LogP contribution in [0.15, 0.2) is 53.4 Å². The van der Waals surface area contributed by atoms with Crippen molar-refractivity contribution in [2.75, 3.05) is 0 Å². The molecule has 0 heterocycles. The largest absolute Gasteiger partial charge is 0.294 e. The molecule has 5 heteroatoms. The Bertz CT molecular complexity index is 633. The second kappa shape index (κ2) is 4.75. The summed E-state index contributed by atoms with van der Waals surface area (Å²) in [6.07, 6.45) is 0. The Balaban J connectivity index is 2.47. The highest BCUT2D eigenvalue weighted by Crippen LogP contribution is 2.25. The number of hydrogen-bond acceptors (Lipinski definition) is 2. The molecule has 0 atom stereocenters. The van der Waals surface area contributed by atoms with E-state index in [0.717, 1.165) is 14.7 Å². The molecule has 0 spiro atoms. The third-order valence-electron chi connectivity index (χ3n) is 2.34. The van der Waals surface area contributed by atoms with Crippen molar-refractivity contribution in [1.82, 2.24) is 0 Å². The quantitative estimate of drug-likeness (QED) is 0.661. The summed E-state index contributed by atoms with van der Waals surface area (Å²) in [5, 5.41) is 0. The Morgan fingerprint density at radius 1 is 0.941 bits per heavy atom. The molecule has 0 unspecified atom stereocenters. The van der Waals surface area contributed by atoms with Crippen molar-refractivity contribution in [3.8, 4) is 11.1 Å². The Hall–Kier alpha value is -0.920. The molecule has 0 aliphatic carbocycles. The fraction of sp³-hybridized carbons (Fsp3) is 0. The SMILES string of the molecule is O=S(=O)(O)c1ccc(-c2ccccc2I)cc1. The van der Waals surface area contributed by atoms with Gasteiger partial charge in [0, 0.05) is 3.57 Å². The van der Waals surface area contributed by atoms with Crippen molar-refractivity contribution in [3.63, 3.8) is 0 Å². The Kier molecular flexibility index (Phi) is 3.50. The second-order valence-electron chi connectivity index (χ2n) is 3.48. The van der Waals surface area contributed by atoms with E-state index in [1.165, 1.54) is 12.1 Å². The number of hydrogen-bond donors (Lipinski definition) is 1. The molecule has 2 aromatic rings. The first kappa shape index (κ1) is 12.5. The zero-order valence-corrected chi connectivity index (χ0v) is 11.6. The average Bonchev–Trinajstić information content (AvgIpc) is 2.29. The zero-order chi connectivity index (χ0) is 12.5. The predicted molar refractivity (Wildman–Crippen MR) is 74.4 cm³/mol. The number of benzene rings is 2. The van der Waals surface area contributed by atoms with E-state index in [2.05, 4.69) is 22.6 Å². The van der Waals surface area contributed by atoms with E-state index >= 15 is 0 Å². The van der Waals surface area contributed by atoms with E-state index in [1.54, 1.807) is 12.1 Å². The summed E-state index contributed by atoms with van der Waals surface area (Å²) < 4.78 is 31.8. The monoisotopic (exact) mass is 360 g/mol. The minimum atomic E-state index is -4.11. The Labute approximate surface area is 113 Å². The van der Waals surface area contributed by atoms with E-state index in [1.807, 2.05) is 24.3 Å². The first-order valence-corrected chi connectivity index (χ1v) is 7.33. The molecule has 0 saturated heterocycles. The van der Waals surface area contributed by atoms with Gasteiger partial charge in [0.2, 0.25) is 0 Å². The van der Waals surface area contributed by atoms with Gasteiger partial charge in [-0.25, -0.2) is 0 Å². The lowest BCUT2D eigenvalue weighted by molar-refractivity contribution is 0.483. The fourth-order valence-electron chi connectivity index (χ4n) is 1.50. The Morgan fingerprint density at radius 2 is 1.53 bits per heavy atom. The summed E-state index contributed by atoms with van der Waals surface area (Å²) in [4.78, 5) is -0.0906. The molecule has 2 aromatic carbocycles. The lowest BCUT2D eigenvalue weighted by atomic mass is 10.1. The summed E-state index contributed by atoms with van der Waals surface area (Å²) >= 11 is 2.22. The van der Waals surface area contributed by atoms with Crippen molar-refractivity contribution in [3.05, 3.63) is 52.1 Å². The van der Waals surface area contributed by atoms with Crippen LogP contribution in [-0.2, 0) is 10.1 Å². The molecule has 0 amide bonds. The molecule has 88 valence electrons. The maximum atomic E-state index is 10.9. The molecule has 3 nitrogen and oxygen atoms in total. The van der Waals surface area contributed by atoms with Gasteiger partial charge in [-0.15, -0.1) is 0 Å². The predicted octanol–water partition coefficient (Wildman–Crippen LogP) is 3.20. The van der Waals surface area contributed by atoms with Gasteiger partial charge in [-0.3, -0.25) is 4.55 Å². The van der Waals surface area contributed by atoms with Crippen molar-refractivity contribution in [2.24, 2.45) is 0 Å². The van der Waals surface area contributed by atoms with Crippen LogP contribution in [0.25, 0.3) is 11.1 Å². The smallest absolute Gasteiger partial charge is 0.282 e. The van der Waals surface area contributed by atoms with Gasteiger partial charge in [-0.2, -0.15) is 8.42 Å². The van der Waals surface area contributed by atoms with Crippen LogP contribution in [0.3, 0.4) is 0 Å². The molecular formula is C12H9IO3S. The third kappa shape index (κ3) is 2.85. The zero-order valence-electron chi connectivity index (χ0n) is 8.67. The van der Waals surface area contributed by atoms with Gasteiger partial charge in [-0.1, -0.05) is 30.3 Å². The first-order chi connectivity index (χ1) is 7.98. The van der Waals surface area contributed by atoms with Gasteiger partial charge in [0.05, 0.1) is 4.90 Å². The fourth-order valence-corrected chi connectivity index (χ4v) is 2.68. The molecule has 17 heavy (non-hydrogen) atoms. The molecule has 0 bridgehead atoms. The molecule has 0 aromatic heterocycles. The van der Waals surface area contributed by atoms with E-state index in [-0.39, 0.29) is 4.90 Å². The highest BCUT2D eigenvalue weighted by atomic mass is 127. The summed E-state index contributed by atoms with van der Waals surface area (Å²) in [5.74, 6) is 0. The van der Waals surface area contributed by atoms with E-state index in [0.29, 0.717) is 0 Å². The van der Waals surface area contributed by atoms with Crippen LogP contribution >= 0.6 is 22.6 Å². The third-order valence-corrected chi connectivity index (χ3v) is 4.15. The molecule has 0 saturated carbocycles. The summed E-state index contributed by atoms with van der Waals surface area (Å²) in [5.41, 5.74) is 1.96. The summed E-state index contributed by atoms with van der Waals surface area (Å²) in [6.45, 7) is 0. The van der Waals surface area contributed by atoms with Gasteiger partial charge >= 0.3 is 0 Å². The van der Waals surface area contributed by atoms with Gasteiger partial charge in [0.1, 0.15) is 0 Å². The molecule has 2 rings (SSSR count). The van der Waals surface area contributed by atoms with Crippen LogP contribution in [0.5, 0.6) is 0 Å². The molecular weight excluding hydrogens is 351 g/mol. The molecule has 0 radical (unpaired) electrons. The minimum absolute atomic E-state index is 0.0906. The van der Waals surface area contributed by atoms with Crippen LogP contribution in [0.4, 0.5) is 0 Å². The lowest BCUT2D eigenvalue weighted by Gasteiger charge is -2.05. The van der Waals surface area contributed by atoms with Gasteiger partial charge in [0.15, 0.2) is 0 Å². The maximum Gasteiger partial charge on any atom is 0.294 e. The minimum Gasteiger partial charge on any atom is -0.282 e. The van der Waals surface area contributed by atoms with Gasteiger partial charge < -0.3 is 0 Å². The topological polar surface area (TPSA) is 54.4 Å². The average molecular weight is 360 g/mol. The normalized spacial score (nSPS) is 11.4. The molecule has 0 aliphatic rings. The molecule has 1 N–H and O–H groups in total. The Morgan fingerprint density at radius 3 is 2.06 bits per heavy atom. The van der Waals surface area contributed by atoms with E-state index < -0.39 is 10.1 Å². The summed E-state index contributed by atoms with van der Waals surface area (Å²) in [6, 6.07) is 14.0. The van der Waals surface area contributed by atoms with Crippen molar-refractivity contribution < 1.29 is 13.0 Å². The van der Waals surface area contributed by atoms with Crippen LogP contribution in [-0.4, -0.2) is 13.0 Å². The van der Waals surface area contributed by atoms with Gasteiger partial charge in [0.25, 0.3) is 10.1 Å². The number of halogens is 1. The highest BCUT2D eigenvalue weighted by molar-refractivity contribution is 14.1. The van der Waals surface area contributed by atoms with Crippen molar-refractivity contribution in [1.29, 1.82) is 0 Å². The molecule has 0 fully saturated rings. The van der Waals surface area contributed by atoms with Crippen molar-refractivity contribution in [2.45, 2.75) is 4.90 Å². The van der Waals surface area contributed by atoms with Crippen molar-refractivity contribution >= 4 is 32.7 Å². The second-order valence-corrected chi connectivity index (χ2v) is 6.06. The molecule has 0 aliphatic heterocycles. The van der Waals surface area contributed by atoms with Crippen LogP contribution in [0, 0.1) is 3.57 Å². The maximum absolute atomic E-state index is 10.9. The summed E-state index contributed by atoms with van der Waals surface area (Å²) in [7, 11) is -4.11. The first-order valence-electron chi connectivity index (χ1n) is 4.81. The van der Waals surface area contributed by atoms with Crippen LogP contribution < -0.4 is 0 Å². The van der Waals surface area contributed by atoms with E-state index in [9.17, 15) is 8.42 Å². The van der Waals surface area contributed by atoms with Crippen LogP contribution in [0.2, 0.25) is 0 Å². The lowest BCUT2D eigenvalue weighted by Crippen LogP contribution is -1.97. The highest BCUT2D eigenvalue weighted by Gasteiger charge is 2.09. The van der Waals surface area contributed by atoms with E-state index in [4.69, 9.17) is 4.55 Å². The standard InChI is InChI=1S/C12H9IO3S/c13-12-4-2-1-3-11(12)9-5-7-10(8-6-9)17(14,15)16/h1-8H,(H,14,15,16). The van der Waals surface area contributed by atoms with Crippen LogP contribution in [0.1, 0.15) is 0 Å².